The maximum absolute atomic E-state index is 13.1. The maximum Gasteiger partial charge on any atom is 0.243 e. The van der Waals surface area contributed by atoms with Crippen LogP contribution in [-0.4, -0.2) is 30.8 Å². The molecule has 2 heterocycles. The lowest BCUT2D eigenvalue weighted by atomic mass is 10.2. The summed E-state index contributed by atoms with van der Waals surface area (Å²) in [4.78, 5) is 5.07. The molecule has 0 spiro atoms. The highest BCUT2D eigenvalue weighted by Gasteiger charge is 2.25. The molecule has 0 saturated carbocycles. The van der Waals surface area contributed by atoms with Crippen LogP contribution in [-0.2, 0) is 10.0 Å². The number of benzene rings is 2. The average Bonchev–Trinajstić information content (AvgIpc) is 3.03. The number of aromatic nitrogens is 1. The molecular formula is C21H22N2O2S2. The first kappa shape index (κ1) is 18.3. The first-order valence-corrected chi connectivity index (χ1v) is 11.6. The van der Waals surface area contributed by atoms with Crippen LogP contribution in [0.4, 0.5) is 0 Å². The second-order valence-corrected chi connectivity index (χ2v) is 9.55. The second kappa shape index (κ2) is 7.92. The van der Waals surface area contributed by atoms with Gasteiger partial charge in [-0.2, -0.15) is 4.31 Å². The largest absolute Gasteiger partial charge is 0.243 e. The molecule has 1 fully saturated rings. The van der Waals surface area contributed by atoms with Gasteiger partial charge in [0.25, 0.3) is 0 Å². The lowest BCUT2D eigenvalue weighted by Crippen LogP contribution is -2.31. The van der Waals surface area contributed by atoms with Crippen LogP contribution < -0.4 is 0 Å². The van der Waals surface area contributed by atoms with Crippen molar-refractivity contribution in [2.75, 3.05) is 13.1 Å². The molecule has 0 atom stereocenters. The molecule has 2 aromatic carbocycles. The molecule has 6 heteroatoms. The lowest BCUT2D eigenvalue weighted by Gasteiger charge is -2.20. The Kier molecular flexibility index (Phi) is 5.38. The summed E-state index contributed by atoms with van der Waals surface area (Å²) in [5.41, 5.74) is 2.72. The fourth-order valence-electron chi connectivity index (χ4n) is 3.37. The van der Waals surface area contributed by atoms with Gasteiger partial charge in [0.15, 0.2) is 0 Å². The van der Waals surface area contributed by atoms with E-state index in [1.165, 1.54) is 0 Å². The SMILES string of the molecule is O=S(=O)(c1cccc(-c2csc(-c3ccccc3)n2)c1)N1CCCCCC1. The van der Waals surface area contributed by atoms with Crippen LogP contribution in [0.3, 0.4) is 0 Å². The fourth-order valence-corrected chi connectivity index (χ4v) is 5.77. The number of hydrogen-bond donors (Lipinski definition) is 0. The molecular weight excluding hydrogens is 376 g/mol. The molecule has 0 N–H and O–H groups in total. The molecule has 140 valence electrons. The smallest absolute Gasteiger partial charge is 0.236 e. The van der Waals surface area contributed by atoms with E-state index in [1.54, 1.807) is 27.8 Å². The highest BCUT2D eigenvalue weighted by molar-refractivity contribution is 7.89. The molecule has 1 aliphatic heterocycles. The van der Waals surface area contributed by atoms with Crippen molar-refractivity contribution in [1.29, 1.82) is 0 Å². The molecule has 4 rings (SSSR count). The van der Waals surface area contributed by atoms with Crippen LogP contribution in [0.15, 0.2) is 64.9 Å². The summed E-state index contributed by atoms with van der Waals surface area (Å²) >= 11 is 1.57. The van der Waals surface area contributed by atoms with Crippen molar-refractivity contribution in [2.24, 2.45) is 0 Å². The summed E-state index contributed by atoms with van der Waals surface area (Å²) in [6.45, 7) is 1.23. The van der Waals surface area contributed by atoms with Crippen molar-refractivity contribution in [2.45, 2.75) is 30.6 Å². The molecule has 3 aromatic rings. The normalized spacial score (nSPS) is 16.1. The van der Waals surface area contributed by atoms with Gasteiger partial charge in [0.1, 0.15) is 5.01 Å². The topological polar surface area (TPSA) is 50.3 Å². The summed E-state index contributed by atoms with van der Waals surface area (Å²) in [7, 11) is -3.45. The van der Waals surface area contributed by atoms with Gasteiger partial charge in [0.05, 0.1) is 10.6 Å². The van der Waals surface area contributed by atoms with Gasteiger partial charge in [-0.3, -0.25) is 0 Å². The van der Waals surface area contributed by atoms with Gasteiger partial charge in [0.2, 0.25) is 10.0 Å². The molecule has 1 aromatic heterocycles. The van der Waals surface area contributed by atoms with E-state index in [0.717, 1.165) is 47.5 Å². The molecule has 27 heavy (non-hydrogen) atoms. The van der Waals surface area contributed by atoms with Crippen LogP contribution in [0.5, 0.6) is 0 Å². The van der Waals surface area contributed by atoms with E-state index in [2.05, 4.69) is 0 Å². The first-order chi connectivity index (χ1) is 13.1. The Labute approximate surface area is 164 Å². The van der Waals surface area contributed by atoms with Crippen molar-refractivity contribution in [1.82, 2.24) is 9.29 Å². The van der Waals surface area contributed by atoms with Crippen LogP contribution in [0.25, 0.3) is 21.8 Å². The molecule has 0 unspecified atom stereocenters. The Hall–Kier alpha value is -2.02. The first-order valence-electron chi connectivity index (χ1n) is 9.26. The molecule has 0 amide bonds. The number of rotatable bonds is 4. The van der Waals surface area contributed by atoms with Crippen molar-refractivity contribution in [3.8, 4) is 21.8 Å². The quantitative estimate of drug-likeness (QED) is 0.618. The van der Waals surface area contributed by atoms with Crippen molar-refractivity contribution in [3.05, 3.63) is 60.0 Å². The van der Waals surface area contributed by atoms with E-state index in [-0.39, 0.29) is 0 Å². The van der Waals surface area contributed by atoms with Gasteiger partial charge in [-0.05, 0) is 25.0 Å². The Morgan fingerprint density at radius 1 is 0.852 bits per heavy atom. The third-order valence-corrected chi connectivity index (χ3v) is 7.64. The lowest BCUT2D eigenvalue weighted by molar-refractivity contribution is 0.424. The molecule has 1 saturated heterocycles. The van der Waals surface area contributed by atoms with E-state index in [4.69, 9.17) is 4.98 Å². The van der Waals surface area contributed by atoms with Gasteiger partial charge in [-0.15, -0.1) is 11.3 Å². The average molecular weight is 399 g/mol. The fraction of sp³-hybridized carbons (Fsp3) is 0.286. The van der Waals surface area contributed by atoms with E-state index >= 15 is 0 Å². The van der Waals surface area contributed by atoms with Gasteiger partial charge >= 0.3 is 0 Å². The predicted molar refractivity (Wildman–Crippen MR) is 110 cm³/mol. The zero-order valence-corrected chi connectivity index (χ0v) is 16.7. The summed E-state index contributed by atoms with van der Waals surface area (Å²) in [6.07, 6.45) is 4.08. The Morgan fingerprint density at radius 2 is 1.56 bits per heavy atom. The molecule has 1 aliphatic rings. The number of hydrogen-bond acceptors (Lipinski definition) is 4. The number of nitrogens with zero attached hydrogens (tertiary/aromatic N) is 2. The Morgan fingerprint density at radius 3 is 2.30 bits per heavy atom. The standard InChI is InChI=1S/C21H22N2O2S2/c24-27(25,23-13-6-1-2-7-14-23)19-12-8-11-18(15-19)20-16-26-21(22-20)17-9-4-3-5-10-17/h3-5,8-12,15-16H,1-2,6-7,13-14H2. The van der Waals surface area contributed by atoms with Crippen molar-refractivity contribution < 1.29 is 8.42 Å². The molecule has 0 aliphatic carbocycles. The summed E-state index contributed by atoms with van der Waals surface area (Å²) in [6, 6.07) is 17.2. The van der Waals surface area contributed by atoms with Gasteiger partial charge in [-0.25, -0.2) is 13.4 Å². The number of sulfonamides is 1. The number of thiazole rings is 1. The highest BCUT2D eigenvalue weighted by atomic mass is 32.2. The van der Waals surface area contributed by atoms with Crippen LogP contribution in [0.2, 0.25) is 0 Å². The molecule has 0 bridgehead atoms. The summed E-state index contributed by atoms with van der Waals surface area (Å²) in [5.74, 6) is 0. The van der Waals surface area contributed by atoms with Crippen LogP contribution in [0.1, 0.15) is 25.7 Å². The Bertz CT molecular complexity index is 1010. The van der Waals surface area contributed by atoms with Gasteiger partial charge in [0, 0.05) is 29.6 Å². The van der Waals surface area contributed by atoms with E-state index < -0.39 is 10.0 Å². The molecule has 0 radical (unpaired) electrons. The van der Waals surface area contributed by atoms with E-state index in [9.17, 15) is 8.42 Å². The summed E-state index contributed by atoms with van der Waals surface area (Å²) in [5, 5.41) is 2.92. The molecule has 4 nitrogen and oxygen atoms in total. The summed E-state index contributed by atoms with van der Waals surface area (Å²) < 4.78 is 27.8. The minimum Gasteiger partial charge on any atom is -0.236 e. The predicted octanol–water partition coefficient (Wildman–Crippen LogP) is 5.04. The third kappa shape index (κ3) is 3.98. The van der Waals surface area contributed by atoms with Crippen LogP contribution in [0, 0.1) is 0 Å². The monoisotopic (exact) mass is 398 g/mol. The van der Waals surface area contributed by atoms with Crippen molar-refractivity contribution >= 4 is 21.4 Å². The second-order valence-electron chi connectivity index (χ2n) is 6.75. The highest BCUT2D eigenvalue weighted by Crippen LogP contribution is 2.30. The third-order valence-electron chi connectivity index (χ3n) is 4.86. The van der Waals surface area contributed by atoms with Gasteiger partial charge in [-0.1, -0.05) is 55.3 Å². The minimum atomic E-state index is -3.45. The van der Waals surface area contributed by atoms with E-state index in [1.807, 2.05) is 47.8 Å². The zero-order chi connectivity index (χ0) is 18.7. The van der Waals surface area contributed by atoms with E-state index in [0.29, 0.717) is 18.0 Å². The Balaban J connectivity index is 1.64. The zero-order valence-electron chi connectivity index (χ0n) is 15.0. The van der Waals surface area contributed by atoms with Crippen molar-refractivity contribution in [3.63, 3.8) is 0 Å². The minimum absolute atomic E-state index is 0.358. The van der Waals surface area contributed by atoms with Gasteiger partial charge < -0.3 is 0 Å². The van der Waals surface area contributed by atoms with Crippen LogP contribution >= 0.6 is 11.3 Å². The maximum atomic E-state index is 13.1.